The molecule has 120 valence electrons. The largest absolute Gasteiger partial charge is 0.349 e. The zero-order valence-corrected chi connectivity index (χ0v) is 13.8. The van der Waals surface area contributed by atoms with Crippen LogP contribution in [0.1, 0.15) is 28.2 Å². The lowest BCUT2D eigenvalue weighted by Crippen LogP contribution is -2.29. The Morgan fingerprint density at radius 3 is 2.91 bits per heavy atom. The van der Waals surface area contributed by atoms with Crippen LogP contribution in [0.5, 0.6) is 0 Å². The maximum Gasteiger partial charge on any atom is 0.262 e. The molecule has 3 heterocycles. The van der Waals surface area contributed by atoms with Crippen molar-refractivity contribution in [3.05, 3.63) is 39.8 Å². The van der Waals surface area contributed by atoms with Gasteiger partial charge in [-0.2, -0.15) is 5.10 Å². The Hall–Kier alpha value is -2.55. The number of thiophene rings is 1. The molecule has 1 atom stereocenters. The first-order valence-electron chi connectivity index (χ1n) is 7.06. The lowest BCUT2D eigenvalue weighted by atomic mass is 10.2. The van der Waals surface area contributed by atoms with Crippen molar-refractivity contribution in [1.29, 1.82) is 0 Å². The molecule has 0 saturated carbocycles. The van der Waals surface area contributed by atoms with Gasteiger partial charge >= 0.3 is 0 Å². The number of carbonyl (C=O) groups excluding carboxylic acids is 1. The van der Waals surface area contributed by atoms with Crippen LogP contribution in [0.2, 0.25) is 0 Å². The van der Waals surface area contributed by atoms with Gasteiger partial charge in [-0.15, -0.1) is 11.3 Å². The Balaban J connectivity index is 1.83. The second-order valence-electron chi connectivity index (χ2n) is 5.33. The summed E-state index contributed by atoms with van der Waals surface area (Å²) in [5, 5.41) is 7.42. The minimum atomic E-state index is -0.209. The van der Waals surface area contributed by atoms with Gasteiger partial charge in [-0.05, 0) is 19.4 Å². The molecule has 0 spiro atoms. The third-order valence-corrected chi connectivity index (χ3v) is 4.86. The Bertz CT molecular complexity index is 911. The molecule has 0 saturated heterocycles. The molecule has 0 unspecified atom stereocenters. The molecule has 9 heteroatoms. The average Bonchev–Trinajstić information content (AvgIpc) is 3.17. The van der Waals surface area contributed by atoms with Crippen molar-refractivity contribution in [2.24, 2.45) is 7.05 Å². The Morgan fingerprint density at radius 1 is 1.43 bits per heavy atom. The summed E-state index contributed by atoms with van der Waals surface area (Å²) in [6.07, 6.45) is 4.53. The van der Waals surface area contributed by atoms with Crippen molar-refractivity contribution >= 4 is 27.5 Å². The van der Waals surface area contributed by atoms with Crippen molar-refractivity contribution in [2.45, 2.75) is 19.9 Å². The van der Waals surface area contributed by atoms with Crippen LogP contribution in [0.4, 0.5) is 0 Å². The predicted molar refractivity (Wildman–Crippen MR) is 86.7 cm³/mol. The van der Waals surface area contributed by atoms with Crippen molar-refractivity contribution in [2.75, 3.05) is 6.54 Å². The minimum Gasteiger partial charge on any atom is -0.349 e. The first-order chi connectivity index (χ1) is 11.0. The molecule has 8 nitrogen and oxygen atoms in total. The second-order valence-corrected chi connectivity index (χ2v) is 6.33. The van der Waals surface area contributed by atoms with Crippen LogP contribution >= 0.6 is 11.3 Å². The summed E-state index contributed by atoms with van der Waals surface area (Å²) in [4.78, 5) is 33.8. The highest BCUT2D eigenvalue weighted by atomic mass is 32.1. The number of nitrogens with zero attached hydrogens (tertiary/aromatic N) is 5. The lowest BCUT2D eigenvalue weighted by Gasteiger charge is -2.12. The molecule has 0 radical (unpaired) electrons. The van der Waals surface area contributed by atoms with Gasteiger partial charge in [-0.25, -0.2) is 14.6 Å². The molecule has 3 aromatic heterocycles. The molecule has 1 N–H and O–H groups in total. The summed E-state index contributed by atoms with van der Waals surface area (Å²) in [6.45, 7) is 4.13. The maximum atomic E-state index is 12.4. The third-order valence-electron chi connectivity index (χ3n) is 3.66. The van der Waals surface area contributed by atoms with E-state index in [4.69, 9.17) is 0 Å². The number of rotatable bonds is 4. The zero-order valence-electron chi connectivity index (χ0n) is 13.0. The van der Waals surface area contributed by atoms with Crippen LogP contribution in [0.3, 0.4) is 0 Å². The average molecular weight is 332 g/mol. The van der Waals surface area contributed by atoms with E-state index in [1.807, 2.05) is 6.92 Å². The quantitative estimate of drug-likeness (QED) is 0.765. The summed E-state index contributed by atoms with van der Waals surface area (Å²) in [6, 6.07) is -0.0119. The topological polar surface area (TPSA) is 94.7 Å². The van der Waals surface area contributed by atoms with E-state index in [1.165, 1.54) is 28.6 Å². The van der Waals surface area contributed by atoms with Gasteiger partial charge in [0.15, 0.2) is 0 Å². The third kappa shape index (κ3) is 2.74. The molecule has 0 aliphatic carbocycles. The molecule has 3 aromatic rings. The minimum absolute atomic E-state index is 0.0119. The van der Waals surface area contributed by atoms with E-state index >= 15 is 0 Å². The molecule has 1 amide bonds. The van der Waals surface area contributed by atoms with Crippen LogP contribution in [0, 0.1) is 6.92 Å². The van der Waals surface area contributed by atoms with E-state index < -0.39 is 0 Å². The molecule has 0 aliphatic rings. The Morgan fingerprint density at radius 2 is 2.22 bits per heavy atom. The number of aromatic nitrogens is 5. The summed E-state index contributed by atoms with van der Waals surface area (Å²) in [7, 11) is 1.64. The molecule has 0 fully saturated rings. The first-order valence-corrected chi connectivity index (χ1v) is 7.87. The number of amides is 1. The summed E-state index contributed by atoms with van der Waals surface area (Å²) in [5.74, 6) is -0.209. The van der Waals surface area contributed by atoms with Crippen LogP contribution < -0.4 is 10.9 Å². The highest BCUT2D eigenvalue weighted by Gasteiger charge is 2.19. The van der Waals surface area contributed by atoms with Crippen LogP contribution in [0.25, 0.3) is 10.2 Å². The number of fused-ring (bicyclic) bond motifs is 1. The monoisotopic (exact) mass is 332 g/mol. The van der Waals surface area contributed by atoms with Gasteiger partial charge in [0.2, 0.25) is 0 Å². The standard InChI is InChI=1S/C14H16N6O2S/c1-8(20-6-15-5-18-20)4-16-12(21)11-9(2)10-13(23-11)17-7-19(3)14(10)22/h5-8H,4H2,1-3H3,(H,16,21)/t8-/m0/s1. The van der Waals surface area contributed by atoms with Crippen molar-refractivity contribution < 1.29 is 4.79 Å². The SMILES string of the molecule is Cc1c(C(=O)NC[C@H](C)n2cncn2)sc2ncn(C)c(=O)c12. The lowest BCUT2D eigenvalue weighted by molar-refractivity contribution is 0.0951. The van der Waals surface area contributed by atoms with Gasteiger partial charge in [0.1, 0.15) is 17.5 Å². The molecule has 0 bridgehead atoms. The summed E-state index contributed by atoms with van der Waals surface area (Å²) >= 11 is 1.23. The van der Waals surface area contributed by atoms with E-state index in [0.717, 1.165) is 0 Å². The van der Waals surface area contributed by atoms with Gasteiger partial charge in [0, 0.05) is 13.6 Å². The zero-order chi connectivity index (χ0) is 16.6. The van der Waals surface area contributed by atoms with E-state index in [9.17, 15) is 9.59 Å². The van der Waals surface area contributed by atoms with Gasteiger partial charge in [-0.3, -0.25) is 9.59 Å². The summed E-state index contributed by atoms with van der Waals surface area (Å²) < 4.78 is 3.09. The predicted octanol–water partition coefficient (Wildman–Crippen LogP) is 0.886. The normalized spacial score (nSPS) is 12.5. The Labute approximate surface area is 135 Å². The maximum absolute atomic E-state index is 12.4. The molecule has 0 aromatic carbocycles. The number of hydrogen-bond donors (Lipinski definition) is 1. The number of aryl methyl sites for hydroxylation is 2. The van der Waals surface area contributed by atoms with Gasteiger partial charge in [0.25, 0.3) is 11.5 Å². The molecule has 0 aliphatic heterocycles. The van der Waals surface area contributed by atoms with Crippen LogP contribution in [0.15, 0.2) is 23.8 Å². The van der Waals surface area contributed by atoms with Crippen LogP contribution in [-0.4, -0.2) is 36.8 Å². The van der Waals surface area contributed by atoms with E-state index in [2.05, 4.69) is 20.4 Å². The highest BCUT2D eigenvalue weighted by molar-refractivity contribution is 7.20. The van der Waals surface area contributed by atoms with Gasteiger partial charge < -0.3 is 9.88 Å². The van der Waals surface area contributed by atoms with Gasteiger partial charge in [0.05, 0.1) is 22.6 Å². The highest BCUT2D eigenvalue weighted by Crippen LogP contribution is 2.26. The fraction of sp³-hybridized carbons (Fsp3) is 0.357. The van der Waals surface area contributed by atoms with Crippen molar-refractivity contribution in [3.8, 4) is 0 Å². The smallest absolute Gasteiger partial charge is 0.262 e. The fourth-order valence-corrected chi connectivity index (χ4v) is 3.34. The first kappa shape index (κ1) is 15.3. The number of nitrogens with one attached hydrogen (secondary N) is 1. The van der Waals surface area contributed by atoms with Gasteiger partial charge in [-0.1, -0.05) is 0 Å². The van der Waals surface area contributed by atoms with E-state index in [-0.39, 0.29) is 17.5 Å². The second kappa shape index (κ2) is 5.92. The number of hydrogen-bond acceptors (Lipinski definition) is 6. The Kier molecular flexibility index (Phi) is 3.95. The van der Waals surface area contributed by atoms with Crippen molar-refractivity contribution in [3.63, 3.8) is 0 Å². The van der Waals surface area contributed by atoms with Crippen molar-refractivity contribution in [1.82, 2.24) is 29.6 Å². The molecular formula is C14H16N6O2S. The summed E-state index contributed by atoms with van der Waals surface area (Å²) in [5.41, 5.74) is 0.531. The van der Waals surface area contributed by atoms with Crippen LogP contribution in [-0.2, 0) is 7.05 Å². The van der Waals surface area contributed by atoms with E-state index in [1.54, 1.807) is 25.0 Å². The molecular weight excluding hydrogens is 316 g/mol. The van der Waals surface area contributed by atoms with E-state index in [0.29, 0.717) is 27.2 Å². The molecule has 23 heavy (non-hydrogen) atoms. The number of carbonyl (C=O) groups is 1. The fourth-order valence-electron chi connectivity index (χ4n) is 2.28. The molecule has 3 rings (SSSR count).